The molecule has 2 aromatic rings. The zero-order valence-electron chi connectivity index (χ0n) is 12.1. The highest BCUT2D eigenvalue weighted by Crippen LogP contribution is 2.25. The highest BCUT2D eigenvalue weighted by molar-refractivity contribution is 6.30. The van der Waals surface area contributed by atoms with E-state index in [0.29, 0.717) is 11.6 Å². The molecule has 23 heavy (non-hydrogen) atoms. The predicted octanol–water partition coefficient (Wildman–Crippen LogP) is 3.83. The summed E-state index contributed by atoms with van der Waals surface area (Å²) >= 11 is 5.86. The number of amides is 1. The van der Waals surface area contributed by atoms with Gasteiger partial charge in [0.25, 0.3) is 5.91 Å². The third kappa shape index (κ3) is 3.35. The molecule has 1 fully saturated rings. The van der Waals surface area contributed by atoms with Crippen molar-refractivity contribution in [1.82, 2.24) is 4.90 Å². The first-order chi connectivity index (χ1) is 11.1. The molecule has 120 valence electrons. The second-order valence-electron chi connectivity index (χ2n) is 5.26. The predicted molar refractivity (Wildman–Crippen MR) is 82.4 cm³/mol. The zero-order chi connectivity index (χ0) is 16.4. The lowest BCUT2D eigenvalue weighted by molar-refractivity contribution is -0.0231. The van der Waals surface area contributed by atoms with Gasteiger partial charge in [0.15, 0.2) is 0 Å². The van der Waals surface area contributed by atoms with E-state index in [2.05, 4.69) is 0 Å². The lowest BCUT2D eigenvalue weighted by Crippen LogP contribution is -2.42. The summed E-state index contributed by atoms with van der Waals surface area (Å²) in [6.07, 6.45) is -0.347. The first-order valence-electron chi connectivity index (χ1n) is 7.16. The monoisotopic (exact) mass is 337 g/mol. The van der Waals surface area contributed by atoms with Crippen molar-refractivity contribution in [2.45, 2.75) is 6.10 Å². The van der Waals surface area contributed by atoms with E-state index in [1.54, 1.807) is 12.1 Å². The van der Waals surface area contributed by atoms with Gasteiger partial charge in [-0.3, -0.25) is 4.79 Å². The summed E-state index contributed by atoms with van der Waals surface area (Å²) in [5.74, 6) is -2.38. The first kappa shape index (κ1) is 15.9. The molecule has 6 heteroatoms. The number of benzene rings is 2. The molecule has 0 aliphatic carbocycles. The Balaban J connectivity index is 1.81. The highest BCUT2D eigenvalue weighted by Gasteiger charge is 2.29. The van der Waals surface area contributed by atoms with Gasteiger partial charge in [-0.2, -0.15) is 0 Å². The fourth-order valence-electron chi connectivity index (χ4n) is 2.57. The van der Waals surface area contributed by atoms with E-state index in [9.17, 15) is 13.6 Å². The van der Waals surface area contributed by atoms with Crippen LogP contribution in [0.5, 0.6) is 0 Å². The van der Waals surface area contributed by atoms with Crippen LogP contribution in [0.3, 0.4) is 0 Å². The van der Waals surface area contributed by atoms with Crippen molar-refractivity contribution in [3.8, 4) is 0 Å². The van der Waals surface area contributed by atoms with Crippen molar-refractivity contribution in [1.29, 1.82) is 0 Å². The normalized spacial score (nSPS) is 18.0. The average Bonchev–Trinajstić information content (AvgIpc) is 2.55. The number of hydrogen-bond donors (Lipinski definition) is 0. The Bertz CT molecular complexity index is 701. The minimum absolute atomic E-state index is 0.230. The lowest BCUT2D eigenvalue weighted by Gasteiger charge is -2.33. The van der Waals surface area contributed by atoms with E-state index in [1.807, 2.05) is 12.1 Å². The Morgan fingerprint density at radius 2 is 1.78 bits per heavy atom. The topological polar surface area (TPSA) is 29.5 Å². The Morgan fingerprint density at radius 1 is 1.13 bits per heavy atom. The van der Waals surface area contributed by atoms with Crippen LogP contribution in [-0.2, 0) is 4.74 Å². The van der Waals surface area contributed by atoms with Crippen LogP contribution in [0.15, 0.2) is 42.5 Å². The summed E-state index contributed by atoms with van der Waals surface area (Å²) in [6.45, 7) is 0.819. The quantitative estimate of drug-likeness (QED) is 0.833. The molecule has 0 saturated carbocycles. The molecule has 1 aliphatic heterocycles. The van der Waals surface area contributed by atoms with Crippen molar-refractivity contribution in [3.63, 3.8) is 0 Å². The number of carbonyl (C=O) groups is 1. The number of hydrogen-bond acceptors (Lipinski definition) is 2. The second kappa shape index (κ2) is 6.64. The Labute approximate surface area is 137 Å². The molecule has 1 atom stereocenters. The average molecular weight is 338 g/mol. The molecule has 0 aromatic heterocycles. The number of nitrogens with zero attached hydrogens (tertiary/aromatic N) is 1. The van der Waals surface area contributed by atoms with E-state index in [1.165, 1.54) is 11.0 Å². The van der Waals surface area contributed by atoms with Crippen LogP contribution in [0.1, 0.15) is 22.0 Å². The standard InChI is InChI=1S/C17H14ClF2NO2/c18-12-6-4-11(5-7-12)15-10-21(8-9-23-15)17(22)16-13(19)2-1-3-14(16)20/h1-7,15H,8-10H2. The van der Waals surface area contributed by atoms with Crippen LogP contribution in [0.4, 0.5) is 8.78 Å². The molecular formula is C17H14ClF2NO2. The number of halogens is 3. The largest absolute Gasteiger partial charge is 0.370 e. The van der Waals surface area contributed by atoms with Gasteiger partial charge in [-0.05, 0) is 29.8 Å². The summed E-state index contributed by atoms with van der Waals surface area (Å²) in [6, 6.07) is 10.5. The van der Waals surface area contributed by atoms with Gasteiger partial charge in [0.05, 0.1) is 13.2 Å². The molecule has 0 radical (unpaired) electrons. The Hall–Kier alpha value is -1.98. The van der Waals surface area contributed by atoms with Crippen molar-refractivity contribution in [2.24, 2.45) is 0 Å². The Kier molecular flexibility index (Phi) is 4.59. The number of morpholine rings is 1. The molecule has 1 unspecified atom stereocenters. The maximum Gasteiger partial charge on any atom is 0.260 e. The van der Waals surface area contributed by atoms with Gasteiger partial charge in [0.2, 0.25) is 0 Å². The molecule has 3 rings (SSSR count). The molecule has 1 amide bonds. The van der Waals surface area contributed by atoms with Crippen LogP contribution >= 0.6 is 11.6 Å². The molecule has 2 aromatic carbocycles. The van der Waals surface area contributed by atoms with E-state index in [4.69, 9.17) is 16.3 Å². The molecule has 1 heterocycles. The molecule has 0 spiro atoms. The van der Waals surface area contributed by atoms with Gasteiger partial charge in [-0.1, -0.05) is 29.8 Å². The van der Waals surface area contributed by atoms with Crippen molar-refractivity contribution in [2.75, 3.05) is 19.7 Å². The number of carbonyl (C=O) groups excluding carboxylic acids is 1. The molecule has 0 N–H and O–H groups in total. The summed E-state index contributed by atoms with van der Waals surface area (Å²) in [7, 11) is 0. The highest BCUT2D eigenvalue weighted by atomic mass is 35.5. The van der Waals surface area contributed by atoms with Gasteiger partial charge in [-0.15, -0.1) is 0 Å². The zero-order valence-corrected chi connectivity index (χ0v) is 12.9. The molecule has 0 bridgehead atoms. The smallest absolute Gasteiger partial charge is 0.260 e. The van der Waals surface area contributed by atoms with E-state index >= 15 is 0 Å². The minimum atomic E-state index is -0.857. The van der Waals surface area contributed by atoms with Crippen LogP contribution in [0.2, 0.25) is 5.02 Å². The second-order valence-corrected chi connectivity index (χ2v) is 5.70. The van der Waals surface area contributed by atoms with Crippen LogP contribution in [-0.4, -0.2) is 30.5 Å². The fourth-order valence-corrected chi connectivity index (χ4v) is 2.70. The molecule has 1 aliphatic rings. The molecular weight excluding hydrogens is 324 g/mol. The third-order valence-electron chi connectivity index (χ3n) is 3.77. The van der Waals surface area contributed by atoms with E-state index in [-0.39, 0.29) is 19.2 Å². The van der Waals surface area contributed by atoms with Crippen molar-refractivity contribution in [3.05, 3.63) is 70.2 Å². The van der Waals surface area contributed by atoms with Crippen LogP contribution < -0.4 is 0 Å². The summed E-state index contributed by atoms with van der Waals surface area (Å²) in [5, 5.41) is 0.603. The van der Waals surface area contributed by atoms with Gasteiger partial charge in [0, 0.05) is 11.6 Å². The van der Waals surface area contributed by atoms with E-state index in [0.717, 1.165) is 17.7 Å². The lowest BCUT2D eigenvalue weighted by atomic mass is 10.1. The maximum atomic E-state index is 13.8. The van der Waals surface area contributed by atoms with E-state index < -0.39 is 23.1 Å². The summed E-state index contributed by atoms with van der Waals surface area (Å²) in [4.78, 5) is 13.8. The fraction of sp³-hybridized carbons (Fsp3) is 0.235. The maximum absolute atomic E-state index is 13.8. The summed E-state index contributed by atoms with van der Waals surface area (Å²) < 4.78 is 33.2. The first-order valence-corrected chi connectivity index (χ1v) is 7.54. The van der Waals surface area contributed by atoms with Crippen molar-refractivity contribution < 1.29 is 18.3 Å². The van der Waals surface area contributed by atoms with Gasteiger partial charge in [0.1, 0.15) is 23.3 Å². The third-order valence-corrected chi connectivity index (χ3v) is 4.02. The SMILES string of the molecule is O=C(c1c(F)cccc1F)N1CCOC(c2ccc(Cl)cc2)C1. The van der Waals surface area contributed by atoms with Crippen molar-refractivity contribution >= 4 is 17.5 Å². The Morgan fingerprint density at radius 3 is 2.43 bits per heavy atom. The summed E-state index contributed by atoms with van der Waals surface area (Å²) in [5.41, 5.74) is 0.338. The van der Waals surface area contributed by atoms with Gasteiger partial charge in [-0.25, -0.2) is 8.78 Å². The van der Waals surface area contributed by atoms with Gasteiger partial charge >= 0.3 is 0 Å². The number of rotatable bonds is 2. The van der Waals surface area contributed by atoms with Crippen LogP contribution in [0, 0.1) is 11.6 Å². The molecule has 1 saturated heterocycles. The molecule has 3 nitrogen and oxygen atoms in total. The minimum Gasteiger partial charge on any atom is -0.370 e. The van der Waals surface area contributed by atoms with Gasteiger partial charge < -0.3 is 9.64 Å². The van der Waals surface area contributed by atoms with Crippen LogP contribution in [0.25, 0.3) is 0 Å². The number of ether oxygens (including phenoxy) is 1.